The minimum Gasteiger partial charge on any atom is -0.339 e. The predicted octanol–water partition coefficient (Wildman–Crippen LogP) is 3.41. The number of benzene rings is 1. The molecule has 0 atom stereocenters. The lowest BCUT2D eigenvalue weighted by Gasteiger charge is -2.20. The molecule has 148 valence electrons. The third-order valence-electron chi connectivity index (χ3n) is 4.14. The number of thioether (sulfide) groups is 1. The van der Waals surface area contributed by atoms with Crippen LogP contribution < -0.4 is 10.7 Å². The Morgan fingerprint density at radius 2 is 2.00 bits per heavy atom. The van der Waals surface area contributed by atoms with E-state index in [1.807, 2.05) is 33.1 Å². The van der Waals surface area contributed by atoms with Gasteiger partial charge in [0.05, 0.1) is 0 Å². The van der Waals surface area contributed by atoms with E-state index in [-0.39, 0.29) is 17.3 Å². The van der Waals surface area contributed by atoms with Crippen molar-refractivity contribution in [3.63, 3.8) is 0 Å². The Hall–Kier alpha value is -3.01. The van der Waals surface area contributed by atoms with Crippen molar-refractivity contribution in [1.82, 2.24) is 20.3 Å². The molecular formula is C18H23N7O2S. The van der Waals surface area contributed by atoms with Gasteiger partial charge in [0, 0.05) is 30.5 Å². The lowest BCUT2D eigenvalue weighted by atomic mass is 10.1. The summed E-state index contributed by atoms with van der Waals surface area (Å²) in [6.45, 7) is 7.00. The monoisotopic (exact) mass is 401 g/mol. The second kappa shape index (κ2) is 9.79. The number of nitrogens with zero attached hydrogens (tertiary/aromatic N) is 4. The van der Waals surface area contributed by atoms with Crippen molar-refractivity contribution in [2.45, 2.75) is 25.9 Å². The summed E-state index contributed by atoms with van der Waals surface area (Å²) >= 11 is 1.33. The molecule has 1 heterocycles. The zero-order chi connectivity index (χ0) is 20.7. The van der Waals surface area contributed by atoms with Gasteiger partial charge in [-0.2, -0.15) is 5.53 Å². The Labute approximate surface area is 167 Å². The SMILES string of the molecule is CCN(CC)C(=O)c1ccc(C)c(Nc2nc(SC)ncc2C(=O)NN=N)c1. The standard InChI is InChI=1S/C18H23N7O2S/c1-5-25(6-2)17(27)12-8-7-11(3)14(9-12)21-15-13(16(26)23-24-19)10-20-18(22-15)28-4/h7-10H,5-6H2,1-4H3,(H2,19,23,26)(H,20,21,22). The molecule has 0 saturated heterocycles. The third kappa shape index (κ3) is 4.83. The van der Waals surface area contributed by atoms with Gasteiger partial charge in [0.1, 0.15) is 11.4 Å². The Kier molecular flexibility index (Phi) is 7.44. The highest BCUT2D eigenvalue weighted by molar-refractivity contribution is 7.98. The summed E-state index contributed by atoms with van der Waals surface area (Å²) < 4.78 is 0. The van der Waals surface area contributed by atoms with Crippen molar-refractivity contribution < 1.29 is 9.59 Å². The number of aryl methyl sites for hydroxylation is 1. The van der Waals surface area contributed by atoms with Gasteiger partial charge in [-0.15, -0.1) is 0 Å². The molecule has 0 radical (unpaired) electrons. The molecule has 3 N–H and O–H groups in total. The first-order valence-electron chi connectivity index (χ1n) is 8.69. The van der Waals surface area contributed by atoms with E-state index in [0.717, 1.165) is 5.56 Å². The molecule has 10 heteroatoms. The molecule has 0 aliphatic rings. The van der Waals surface area contributed by atoms with Gasteiger partial charge in [0.25, 0.3) is 11.8 Å². The number of hydrogen-bond acceptors (Lipinski definition) is 8. The van der Waals surface area contributed by atoms with E-state index in [0.29, 0.717) is 29.5 Å². The van der Waals surface area contributed by atoms with E-state index in [1.54, 1.807) is 17.0 Å². The molecule has 1 aromatic heterocycles. The van der Waals surface area contributed by atoms with Crippen LogP contribution in [0.5, 0.6) is 0 Å². The van der Waals surface area contributed by atoms with Crippen molar-refractivity contribution in [3.8, 4) is 0 Å². The molecule has 1 aromatic carbocycles. The van der Waals surface area contributed by atoms with Crippen LogP contribution >= 0.6 is 11.8 Å². The molecule has 28 heavy (non-hydrogen) atoms. The van der Waals surface area contributed by atoms with Crippen LogP contribution in [0.1, 0.15) is 40.1 Å². The molecule has 9 nitrogen and oxygen atoms in total. The first-order chi connectivity index (χ1) is 13.4. The summed E-state index contributed by atoms with van der Waals surface area (Å²) in [5, 5.41) is 6.52. The molecule has 0 fully saturated rings. The lowest BCUT2D eigenvalue weighted by Crippen LogP contribution is -2.30. The van der Waals surface area contributed by atoms with Crippen LogP contribution in [-0.4, -0.2) is 46.0 Å². The average Bonchev–Trinajstić information content (AvgIpc) is 2.70. The number of nitrogens with one attached hydrogen (secondary N) is 3. The van der Waals surface area contributed by atoms with Crippen molar-refractivity contribution in [2.24, 2.45) is 5.22 Å². The van der Waals surface area contributed by atoms with Crippen molar-refractivity contribution >= 4 is 35.1 Å². The van der Waals surface area contributed by atoms with E-state index < -0.39 is 5.91 Å². The number of aromatic nitrogens is 2. The van der Waals surface area contributed by atoms with Gasteiger partial charge in [-0.25, -0.2) is 15.4 Å². The predicted molar refractivity (Wildman–Crippen MR) is 108 cm³/mol. The Morgan fingerprint density at radius 1 is 1.29 bits per heavy atom. The molecule has 0 bridgehead atoms. The van der Waals surface area contributed by atoms with Crippen LogP contribution in [0.3, 0.4) is 0 Å². The van der Waals surface area contributed by atoms with Gasteiger partial charge < -0.3 is 10.2 Å². The van der Waals surface area contributed by atoms with E-state index in [2.05, 4.69) is 25.9 Å². The summed E-state index contributed by atoms with van der Waals surface area (Å²) in [5.74, 6) is -0.388. The van der Waals surface area contributed by atoms with E-state index in [1.165, 1.54) is 18.0 Å². The fraction of sp³-hybridized carbons (Fsp3) is 0.333. The van der Waals surface area contributed by atoms with Crippen LogP contribution in [0.15, 0.2) is 34.8 Å². The van der Waals surface area contributed by atoms with Crippen molar-refractivity contribution in [1.29, 1.82) is 5.53 Å². The number of amides is 2. The zero-order valence-electron chi connectivity index (χ0n) is 16.2. The minimum atomic E-state index is -0.599. The second-order valence-corrected chi connectivity index (χ2v) is 6.58. The third-order valence-corrected chi connectivity index (χ3v) is 4.70. The summed E-state index contributed by atoms with van der Waals surface area (Å²) in [6, 6.07) is 5.36. The topological polar surface area (TPSA) is 123 Å². The van der Waals surface area contributed by atoms with Gasteiger partial charge in [-0.05, 0) is 44.7 Å². The molecular weight excluding hydrogens is 378 g/mol. The highest BCUT2D eigenvalue weighted by Gasteiger charge is 2.18. The van der Waals surface area contributed by atoms with E-state index in [4.69, 9.17) is 5.53 Å². The van der Waals surface area contributed by atoms with Crippen LogP contribution in [0.2, 0.25) is 0 Å². The maximum atomic E-state index is 12.7. The molecule has 0 aliphatic heterocycles. The first-order valence-corrected chi connectivity index (χ1v) is 9.92. The minimum absolute atomic E-state index is 0.0634. The summed E-state index contributed by atoms with van der Waals surface area (Å²) in [4.78, 5) is 35.0. The van der Waals surface area contributed by atoms with Crippen molar-refractivity contribution in [3.05, 3.63) is 41.1 Å². The number of hydrogen-bond donors (Lipinski definition) is 3. The van der Waals surface area contributed by atoms with Crippen LogP contribution in [-0.2, 0) is 0 Å². The van der Waals surface area contributed by atoms with Gasteiger partial charge >= 0.3 is 0 Å². The molecule has 0 spiro atoms. The fourth-order valence-electron chi connectivity index (χ4n) is 2.55. The van der Waals surface area contributed by atoms with E-state index >= 15 is 0 Å². The average molecular weight is 401 g/mol. The lowest BCUT2D eigenvalue weighted by molar-refractivity contribution is 0.0772. The number of carbonyl (C=O) groups excluding carboxylic acids is 2. The van der Waals surface area contributed by atoms with E-state index in [9.17, 15) is 9.59 Å². The van der Waals surface area contributed by atoms with Crippen LogP contribution in [0, 0.1) is 12.5 Å². The van der Waals surface area contributed by atoms with Crippen LogP contribution in [0.25, 0.3) is 0 Å². The first kappa shape index (κ1) is 21.3. The molecule has 2 aromatic rings. The van der Waals surface area contributed by atoms with Gasteiger partial charge in [-0.1, -0.05) is 23.1 Å². The summed E-state index contributed by atoms with van der Waals surface area (Å²) in [7, 11) is 0. The van der Waals surface area contributed by atoms with Gasteiger partial charge in [0.15, 0.2) is 5.16 Å². The molecule has 2 amide bonds. The number of anilines is 2. The molecule has 2 rings (SSSR count). The summed E-state index contributed by atoms with van der Waals surface area (Å²) in [6.07, 6.45) is 3.20. The number of carbonyl (C=O) groups is 2. The second-order valence-electron chi connectivity index (χ2n) is 5.80. The number of rotatable bonds is 8. The normalized spacial score (nSPS) is 10.3. The van der Waals surface area contributed by atoms with Crippen molar-refractivity contribution in [2.75, 3.05) is 24.7 Å². The maximum absolute atomic E-state index is 12.7. The van der Waals surface area contributed by atoms with Gasteiger partial charge in [-0.3, -0.25) is 9.59 Å². The zero-order valence-corrected chi connectivity index (χ0v) is 17.1. The highest BCUT2D eigenvalue weighted by Crippen LogP contribution is 2.25. The fourth-order valence-corrected chi connectivity index (χ4v) is 2.89. The Morgan fingerprint density at radius 3 is 2.61 bits per heavy atom. The quantitative estimate of drug-likeness (QED) is 0.269. The van der Waals surface area contributed by atoms with Gasteiger partial charge in [0.2, 0.25) is 0 Å². The largest absolute Gasteiger partial charge is 0.339 e. The molecule has 0 unspecified atom stereocenters. The van der Waals surface area contributed by atoms with Crippen LogP contribution in [0.4, 0.5) is 11.5 Å². The molecule has 0 aliphatic carbocycles. The Bertz CT molecular complexity index is 884. The highest BCUT2D eigenvalue weighted by atomic mass is 32.2. The maximum Gasteiger partial charge on any atom is 0.278 e. The smallest absolute Gasteiger partial charge is 0.278 e. The molecule has 0 saturated carbocycles. The summed E-state index contributed by atoms with van der Waals surface area (Å²) in [5.41, 5.74) is 11.1. The Balaban J connectivity index is 2.44.